The second-order valence-corrected chi connectivity index (χ2v) is 8.56. The van der Waals surface area contributed by atoms with E-state index < -0.39 is 0 Å². The zero-order valence-electron chi connectivity index (χ0n) is 10.4. The zero-order chi connectivity index (χ0) is 14.2. The van der Waals surface area contributed by atoms with E-state index in [-0.39, 0.29) is 11.2 Å². The number of hydrogen-bond acceptors (Lipinski definition) is 2. The first-order valence-electron chi connectivity index (χ1n) is 5.83. The van der Waals surface area contributed by atoms with Gasteiger partial charge in [-0.25, -0.2) is 0 Å². The second kappa shape index (κ2) is 6.17. The summed E-state index contributed by atoms with van der Waals surface area (Å²) in [5.74, 6) is 1.16. The molecule has 1 aromatic carbocycles. The van der Waals surface area contributed by atoms with E-state index in [9.17, 15) is 4.79 Å². The maximum Gasteiger partial charge on any atom is 0.146 e. The zero-order valence-corrected chi connectivity index (χ0v) is 16.9. The van der Waals surface area contributed by atoms with Crippen molar-refractivity contribution in [3.8, 4) is 5.75 Å². The molecule has 0 atom stereocenters. The molecular weight excluding hydrogens is 581 g/mol. The van der Waals surface area contributed by atoms with Gasteiger partial charge in [0.05, 0.1) is 12.6 Å². The molecule has 102 valence electrons. The van der Waals surface area contributed by atoms with Crippen molar-refractivity contribution < 1.29 is 9.53 Å². The van der Waals surface area contributed by atoms with Crippen LogP contribution >= 0.6 is 67.8 Å². The molecule has 5 heteroatoms. The van der Waals surface area contributed by atoms with Gasteiger partial charge in [-0.2, -0.15) is 0 Å². The number of carbonyl (C=O) groups excluding carboxylic acids is 1. The molecule has 1 aromatic rings. The fourth-order valence-electron chi connectivity index (χ4n) is 2.09. The molecule has 0 aliphatic heterocycles. The average Bonchev–Trinajstić information content (AvgIpc) is 3.08. The first-order valence-corrected chi connectivity index (χ1v) is 9.07. The lowest BCUT2D eigenvalue weighted by Gasteiger charge is -2.16. The molecule has 0 bridgehead atoms. The Bertz CT molecular complexity index is 525. The molecule has 1 fully saturated rings. The van der Waals surface area contributed by atoms with Gasteiger partial charge in [-0.15, -0.1) is 0 Å². The van der Waals surface area contributed by atoms with Crippen LogP contribution in [0.3, 0.4) is 0 Å². The van der Waals surface area contributed by atoms with Crippen molar-refractivity contribution >= 4 is 73.6 Å². The van der Waals surface area contributed by atoms with Gasteiger partial charge >= 0.3 is 0 Å². The minimum atomic E-state index is -0.217. The minimum Gasteiger partial charge on any atom is -0.486 e. The smallest absolute Gasteiger partial charge is 0.146 e. The Morgan fingerprint density at radius 3 is 2.26 bits per heavy atom. The molecule has 2 nitrogen and oxygen atoms in total. The molecule has 1 aliphatic carbocycles. The molecule has 2 rings (SSSR count). The van der Waals surface area contributed by atoms with Crippen LogP contribution in [0.25, 0.3) is 0 Å². The van der Waals surface area contributed by atoms with Crippen LogP contribution in [0.15, 0.2) is 22.3 Å². The van der Waals surface area contributed by atoms with E-state index in [1.807, 2.05) is 0 Å². The van der Waals surface area contributed by atoms with Gasteiger partial charge in [-0.1, -0.05) is 6.58 Å². The van der Waals surface area contributed by atoms with Crippen LogP contribution in [-0.4, -0.2) is 12.4 Å². The van der Waals surface area contributed by atoms with Crippen LogP contribution in [-0.2, 0) is 10.2 Å². The van der Waals surface area contributed by atoms with Crippen molar-refractivity contribution in [3.63, 3.8) is 0 Å². The quantitative estimate of drug-likeness (QED) is 0.457. The first-order chi connectivity index (χ1) is 8.86. The summed E-state index contributed by atoms with van der Waals surface area (Å²) < 4.78 is 8.86. The van der Waals surface area contributed by atoms with Crippen molar-refractivity contribution in [1.29, 1.82) is 0 Å². The third-order valence-electron chi connectivity index (χ3n) is 3.35. The topological polar surface area (TPSA) is 26.3 Å². The molecule has 0 radical (unpaired) electrons. The van der Waals surface area contributed by atoms with Gasteiger partial charge in [0, 0.05) is 3.58 Å². The van der Waals surface area contributed by atoms with Crippen molar-refractivity contribution in [2.75, 3.05) is 6.61 Å². The summed E-state index contributed by atoms with van der Waals surface area (Å²) >= 11 is 6.71. The lowest BCUT2D eigenvalue weighted by Crippen LogP contribution is -2.17. The molecule has 0 heterocycles. The number of rotatable bonds is 5. The molecule has 0 aromatic heterocycles. The van der Waals surface area contributed by atoms with Gasteiger partial charge in [-0.3, -0.25) is 4.79 Å². The summed E-state index contributed by atoms with van der Waals surface area (Å²) in [5.41, 5.74) is 0.917. The standard InChI is InChI=1S/C14H13I3O2/c1-8(15)7-19-13-11(16)5-10(6-12(13)17)14(3-4-14)9(2)18/h5-6H,1,3-4,7H2,2H3. The number of halogens is 3. The molecule has 0 saturated heterocycles. The SMILES string of the molecule is C=C(I)COc1c(I)cc(C2(C(C)=O)CC2)cc1I. The van der Waals surface area contributed by atoms with Gasteiger partial charge in [0.1, 0.15) is 18.1 Å². The molecule has 0 amide bonds. The van der Waals surface area contributed by atoms with Crippen molar-refractivity contribution in [2.24, 2.45) is 0 Å². The van der Waals surface area contributed by atoms with Gasteiger partial charge < -0.3 is 4.74 Å². The lowest BCUT2D eigenvalue weighted by molar-refractivity contribution is -0.119. The Morgan fingerprint density at radius 2 is 1.89 bits per heavy atom. The fourth-order valence-corrected chi connectivity index (χ4v) is 4.33. The van der Waals surface area contributed by atoms with Gasteiger partial charge in [0.2, 0.25) is 0 Å². The van der Waals surface area contributed by atoms with Crippen molar-refractivity contribution in [1.82, 2.24) is 0 Å². The highest BCUT2D eigenvalue weighted by Gasteiger charge is 2.49. The Balaban J connectivity index is 2.32. The maximum atomic E-state index is 11.8. The van der Waals surface area contributed by atoms with Crippen LogP contribution in [0.2, 0.25) is 0 Å². The summed E-state index contributed by atoms with van der Waals surface area (Å²) in [4.78, 5) is 11.8. The van der Waals surface area contributed by atoms with Crippen molar-refractivity contribution in [2.45, 2.75) is 25.2 Å². The Kier molecular flexibility index (Phi) is 5.19. The molecule has 0 spiro atoms. The van der Waals surface area contributed by atoms with Crippen LogP contribution in [0.4, 0.5) is 0 Å². The number of benzene rings is 1. The Hall–Kier alpha value is 0.620. The lowest BCUT2D eigenvalue weighted by atomic mass is 9.92. The Labute approximate surface area is 154 Å². The van der Waals surface area contributed by atoms with E-state index in [4.69, 9.17) is 4.74 Å². The highest BCUT2D eigenvalue weighted by Crippen LogP contribution is 2.50. The number of Topliss-reactive ketones (excluding diaryl/α,β-unsaturated/α-hetero) is 1. The van der Waals surface area contributed by atoms with Crippen LogP contribution in [0, 0.1) is 7.14 Å². The predicted molar refractivity (Wildman–Crippen MR) is 102 cm³/mol. The number of ether oxygens (including phenoxy) is 1. The van der Waals surface area contributed by atoms with Gasteiger partial charge in [0.15, 0.2) is 0 Å². The first kappa shape index (κ1) is 16.0. The van der Waals surface area contributed by atoms with E-state index in [1.54, 1.807) is 6.92 Å². The molecule has 19 heavy (non-hydrogen) atoms. The summed E-state index contributed by atoms with van der Waals surface area (Å²) in [5, 5.41) is 0. The normalized spacial score (nSPS) is 16.0. The highest BCUT2D eigenvalue weighted by molar-refractivity contribution is 14.1. The Morgan fingerprint density at radius 1 is 1.37 bits per heavy atom. The summed E-state index contributed by atoms with van der Waals surface area (Å²) in [7, 11) is 0. The summed E-state index contributed by atoms with van der Waals surface area (Å²) in [6, 6.07) is 4.17. The average molecular weight is 594 g/mol. The van der Waals surface area contributed by atoms with E-state index >= 15 is 0 Å². The van der Waals surface area contributed by atoms with E-state index in [2.05, 4.69) is 86.5 Å². The molecule has 0 N–H and O–H groups in total. The third kappa shape index (κ3) is 3.45. The van der Waals surface area contributed by atoms with Gasteiger partial charge in [0.25, 0.3) is 0 Å². The monoisotopic (exact) mass is 594 g/mol. The van der Waals surface area contributed by atoms with Crippen LogP contribution in [0.5, 0.6) is 5.75 Å². The van der Waals surface area contributed by atoms with Gasteiger partial charge in [-0.05, 0) is 105 Å². The minimum absolute atomic E-state index is 0.217. The second-order valence-electron chi connectivity index (χ2n) is 4.71. The number of carbonyl (C=O) groups is 1. The molecule has 1 aliphatic rings. The number of hydrogen-bond donors (Lipinski definition) is 0. The van der Waals surface area contributed by atoms with E-state index in [0.29, 0.717) is 6.61 Å². The summed E-state index contributed by atoms with van der Waals surface area (Å²) in [6.07, 6.45) is 1.94. The van der Waals surface area contributed by atoms with Crippen molar-refractivity contribution in [3.05, 3.63) is 35.0 Å². The predicted octanol–water partition coefficient (Wildman–Crippen LogP) is 4.84. The van der Waals surface area contributed by atoms with E-state index in [0.717, 1.165) is 34.9 Å². The highest BCUT2D eigenvalue weighted by atomic mass is 127. The summed E-state index contributed by atoms with van der Waals surface area (Å²) in [6.45, 7) is 6.04. The molecule has 1 saturated carbocycles. The molecule has 0 unspecified atom stereocenters. The fraction of sp³-hybridized carbons (Fsp3) is 0.357. The van der Waals surface area contributed by atoms with Crippen LogP contribution in [0.1, 0.15) is 25.3 Å². The third-order valence-corrected chi connectivity index (χ3v) is 5.26. The largest absolute Gasteiger partial charge is 0.486 e. The van der Waals surface area contributed by atoms with Crippen LogP contribution < -0.4 is 4.74 Å². The van der Waals surface area contributed by atoms with E-state index in [1.165, 1.54) is 0 Å². The molecular formula is C14H13I3O2. The maximum absolute atomic E-state index is 11.8. The number of ketones is 1.